The van der Waals surface area contributed by atoms with Crippen LogP contribution >= 0.6 is 0 Å². The van der Waals surface area contributed by atoms with E-state index in [-0.39, 0.29) is 11.9 Å². The number of carbonyl (C=O) groups is 1. The minimum atomic E-state index is -0.713. The molecule has 1 fully saturated rings. The second-order valence-corrected chi connectivity index (χ2v) is 6.20. The molecule has 0 bridgehead atoms. The Bertz CT molecular complexity index is 727. The summed E-state index contributed by atoms with van der Waals surface area (Å²) >= 11 is 0. The van der Waals surface area contributed by atoms with Crippen molar-refractivity contribution in [3.05, 3.63) is 77.9 Å². The van der Waals surface area contributed by atoms with Gasteiger partial charge in [0.1, 0.15) is 5.75 Å². The summed E-state index contributed by atoms with van der Waals surface area (Å²) in [5, 5.41) is 13.2. The summed E-state index contributed by atoms with van der Waals surface area (Å²) in [6.45, 7) is 0.591. The SMILES string of the molecule is O=C1CC[C@H](/C=C/C(O)c2cccc(OCCc3ccccc3)c2)N1. The predicted octanol–water partition coefficient (Wildman–Crippen LogP) is 3.18. The maximum atomic E-state index is 11.2. The topological polar surface area (TPSA) is 58.6 Å². The number of amides is 1. The first-order valence-electron chi connectivity index (χ1n) is 8.63. The van der Waals surface area contributed by atoms with E-state index in [0.29, 0.717) is 13.0 Å². The number of hydrogen-bond acceptors (Lipinski definition) is 3. The molecule has 0 spiro atoms. The lowest BCUT2D eigenvalue weighted by Gasteiger charge is -2.11. The zero-order valence-corrected chi connectivity index (χ0v) is 14.1. The van der Waals surface area contributed by atoms with Crippen LogP contribution in [-0.4, -0.2) is 23.7 Å². The molecule has 1 heterocycles. The fraction of sp³-hybridized carbons (Fsp3) is 0.286. The summed E-state index contributed by atoms with van der Waals surface area (Å²) in [5.74, 6) is 0.813. The van der Waals surface area contributed by atoms with E-state index < -0.39 is 6.10 Å². The van der Waals surface area contributed by atoms with Crippen molar-refractivity contribution >= 4 is 5.91 Å². The van der Waals surface area contributed by atoms with Crippen molar-refractivity contribution in [1.82, 2.24) is 5.32 Å². The van der Waals surface area contributed by atoms with Crippen LogP contribution in [0.2, 0.25) is 0 Å². The van der Waals surface area contributed by atoms with Crippen LogP contribution in [0.3, 0.4) is 0 Å². The van der Waals surface area contributed by atoms with Gasteiger partial charge in [-0.3, -0.25) is 4.79 Å². The molecule has 1 aliphatic heterocycles. The molecule has 2 atom stereocenters. The van der Waals surface area contributed by atoms with E-state index in [2.05, 4.69) is 17.4 Å². The molecule has 1 unspecified atom stereocenters. The Hall–Kier alpha value is -2.59. The number of rotatable bonds is 7. The molecule has 0 saturated carbocycles. The minimum absolute atomic E-state index is 0.0208. The second kappa shape index (κ2) is 8.49. The normalized spacial score (nSPS) is 18.3. The van der Waals surface area contributed by atoms with Gasteiger partial charge < -0.3 is 15.2 Å². The molecule has 25 heavy (non-hydrogen) atoms. The number of carbonyl (C=O) groups excluding carboxylic acids is 1. The summed E-state index contributed by atoms with van der Waals surface area (Å²) in [6.07, 6.45) is 5.04. The molecule has 0 aromatic heterocycles. The van der Waals surface area contributed by atoms with Crippen molar-refractivity contribution in [3.63, 3.8) is 0 Å². The van der Waals surface area contributed by atoms with Gasteiger partial charge in [0.25, 0.3) is 0 Å². The minimum Gasteiger partial charge on any atom is -0.493 e. The number of ether oxygens (including phenoxy) is 1. The molecule has 2 N–H and O–H groups in total. The fourth-order valence-corrected chi connectivity index (χ4v) is 2.85. The Kier molecular flexibility index (Phi) is 5.86. The van der Waals surface area contributed by atoms with Gasteiger partial charge in [-0.2, -0.15) is 0 Å². The van der Waals surface area contributed by atoms with Gasteiger partial charge >= 0.3 is 0 Å². The maximum Gasteiger partial charge on any atom is 0.220 e. The molecule has 3 rings (SSSR count). The van der Waals surface area contributed by atoms with Crippen molar-refractivity contribution in [2.45, 2.75) is 31.4 Å². The van der Waals surface area contributed by atoms with Crippen LogP contribution in [-0.2, 0) is 11.2 Å². The van der Waals surface area contributed by atoms with E-state index in [9.17, 15) is 9.90 Å². The van der Waals surface area contributed by atoms with Crippen molar-refractivity contribution in [3.8, 4) is 5.75 Å². The number of aliphatic hydroxyl groups excluding tert-OH is 1. The highest BCUT2D eigenvalue weighted by atomic mass is 16.5. The van der Waals surface area contributed by atoms with Gasteiger partial charge in [-0.1, -0.05) is 54.6 Å². The first-order chi connectivity index (χ1) is 12.2. The van der Waals surface area contributed by atoms with Crippen molar-refractivity contribution in [2.24, 2.45) is 0 Å². The standard InChI is InChI=1S/C21H23NO3/c23-20(11-9-18-10-12-21(24)22-18)17-7-4-8-19(15-17)25-14-13-16-5-2-1-3-6-16/h1-9,11,15,18,20,23H,10,12-14H2,(H,22,24)/b11-9+/t18-,20?/m0/s1. The number of nitrogens with one attached hydrogen (secondary N) is 1. The van der Waals surface area contributed by atoms with Gasteiger partial charge in [0.2, 0.25) is 5.91 Å². The van der Waals surface area contributed by atoms with E-state index in [4.69, 9.17) is 4.74 Å². The van der Waals surface area contributed by atoms with Gasteiger partial charge in [-0.05, 0) is 29.7 Å². The lowest BCUT2D eigenvalue weighted by atomic mass is 10.1. The fourth-order valence-electron chi connectivity index (χ4n) is 2.85. The van der Waals surface area contributed by atoms with E-state index >= 15 is 0 Å². The van der Waals surface area contributed by atoms with E-state index in [1.165, 1.54) is 5.56 Å². The number of benzene rings is 2. The van der Waals surface area contributed by atoms with Crippen LogP contribution in [0.1, 0.15) is 30.1 Å². The van der Waals surface area contributed by atoms with Gasteiger partial charge in [0.05, 0.1) is 12.7 Å². The first kappa shape index (κ1) is 17.2. The van der Waals surface area contributed by atoms with Crippen LogP contribution in [0.5, 0.6) is 5.75 Å². The van der Waals surface area contributed by atoms with Crippen LogP contribution in [0.25, 0.3) is 0 Å². The summed E-state index contributed by atoms with van der Waals surface area (Å²) in [7, 11) is 0. The third-order valence-electron chi connectivity index (χ3n) is 4.26. The molecule has 1 amide bonds. The maximum absolute atomic E-state index is 11.2. The molecule has 130 valence electrons. The molecule has 4 heteroatoms. The molecule has 1 aliphatic rings. The average Bonchev–Trinajstić information content (AvgIpc) is 3.06. The number of aliphatic hydroxyl groups is 1. The van der Waals surface area contributed by atoms with Crippen LogP contribution in [0.15, 0.2) is 66.7 Å². The summed E-state index contributed by atoms with van der Waals surface area (Å²) in [5.41, 5.74) is 2.01. The third kappa shape index (κ3) is 5.19. The molecular formula is C21H23NO3. The summed E-state index contributed by atoms with van der Waals surface area (Å²) in [4.78, 5) is 11.2. The Morgan fingerprint density at radius 1 is 1.20 bits per heavy atom. The molecule has 2 aromatic carbocycles. The quantitative estimate of drug-likeness (QED) is 0.763. The first-order valence-corrected chi connectivity index (χ1v) is 8.63. The second-order valence-electron chi connectivity index (χ2n) is 6.20. The monoisotopic (exact) mass is 337 g/mol. The highest BCUT2D eigenvalue weighted by molar-refractivity contribution is 5.78. The Balaban J connectivity index is 1.53. The predicted molar refractivity (Wildman–Crippen MR) is 97.3 cm³/mol. The zero-order chi connectivity index (χ0) is 17.5. The average molecular weight is 337 g/mol. The highest BCUT2D eigenvalue weighted by Crippen LogP contribution is 2.21. The van der Waals surface area contributed by atoms with Gasteiger partial charge in [0.15, 0.2) is 0 Å². The molecule has 0 aliphatic carbocycles. The molecule has 0 radical (unpaired) electrons. The highest BCUT2D eigenvalue weighted by Gasteiger charge is 2.18. The molecular weight excluding hydrogens is 314 g/mol. The van der Waals surface area contributed by atoms with Gasteiger partial charge in [-0.25, -0.2) is 0 Å². The Morgan fingerprint density at radius 2 is 2.04 bits per heavy atom. The van der Waals surface area contributed by atoms with Gasteiger partial charge in [0, 0.05) is 18.9 Å². The lowest BCUT2D eigenvalue weighted by Crippen LogP contribution is -2.23. The molecule has 2 aromatic rings. The zero-order valence-electron chi connectivity index (χ0n) is 14.1. The van der Waals surface area contributed by atoms with Gasteiger partial charge in [-0.15, -0.1) is 0 Å². The van der Waals surface area contributed by atoms with Crippen LogP contribution in [0.4, 0.5) is 0 Å². The molecule has 4 nitrogen and oxygen atoms in total. The summed E-state index contributed by atoms with van der Waals surface area (Å²) < 4.78 is 5.80. The van der Waals surface area contributed by atoms with Crippen LogP contribution < -0.4 is 10.1 Å². The largest absolute Gasteiger partial charge is 0.493 e. The van der Waals surface area contributed by atoms with E-state index in [1.807, 2.05) is 48.5 Å². The van der Waals surface area contributed by atoms with Crippen molar-refractivity contribution in [1.29, 1.82) is 0 Å². The van der Waals surface area contributed by atoms with Crippen molar-refractivity contribution in [2.75, 3.05) is 6.61 Å². The van der Waals surface area contributed by atoms with Crippen molar-refractivity contribution < 1.29 is 14.6 Å². The van der Waals surface area contributed by atoms with E-state index in [1.54, 1.807) is 6.08 Å². The summed E-state index contributed by atoms with van der Waals surface area (Å²) in [6, 6.07) is 17.7. The Labute approximate surface area is 148 Å². The van der Waals surface area contributed by atoms with Crippen LogP contribution in [0, 0.1) is 0 Å². The Morgan fingerprint density at radius 3 is 2.80 bits per heavy atom. The van der Waals surface area contributed by atoms with E-state index in [0.717, 1.165) is 24.2 Å². The lowest BCUT2D eigenvalue weighted by molar-refractivity contribution is -0.119. The smallest absolute Gasteiger partial charge is 0.220 e. The third-order valence-corrected chi connectivity index (χ3v) is 4.26. The number of hydrogen-bond donors (Lipinski definition) is 2. The molecule has 1 saturated heterocycles.